The van der Waals surface area contributed by atoms with Crippen molar-refractivity contribution in [2.24, 2.45) is 0 Å². The van der Waals surface area contributed by atoms with Gasteiger partial charge in [-0.3, -0.25) is 4.79 Å². The van der Waals surface area contributed by atoms with Crippen molar-refractivity contribution in [1.29, 1.82) is 0 Å². The van der Waals surface area contributed by atoms with Crippen molar-refractivity contribution in [3.8, 4) is 5.75 Å². The Labute approximate surface area is 187 Å². The molecule has 1 fully saturated rings. The van der Waals surface area contributed by atoms with Crippen molar-refractivity contribution in [2.45, 2.75) is 56.5 Å². The van der Waals surface area contributed by atoms with E-state index in [0.29, 0.717) is 10.9 Å². The molecule has 12 heteroatoms. The van der Waals surface area contributed by atoms with E-state index in [-0.39, 0.29) is 11.3 Å². The van der Waals surface area contributed by atoms with Gasteiger partial charge in [0.2, 0.25) is 5.91 Å². The topological polar surface area (TPSA) is 196 Å². The van der Waals surface area contributed by atoms with Crippen LogP contribution in [-0.4, -0.2) is 80.3 Å². The SMILES string of the molecule is CC(=O)N[C@H]1[C@H]([C@H](O)[C@H](O)CO)O[C@](Oc2ccc3cc(C)c(=O)oc3c2)(C(=O)O)C[C@@H]1O. The summed E-state index contributed by atoms with van der Waals surface area (Å²) in [6.07, 6.45) is -7.56. The second-order valence-corrected chi connectivity index (χ2v) is 7.90. The maximum atomic E-state index is 12.2. The molecule has 1 aliphatic rings. The molecule has 0 aliphatic carbocycles. The molecule has 2 heterocycles. The highest BCUT2D eigenvalue weighted by Gasteiger charge is 2.56. The molecule has 0 radical (unpaired) electrons. The van der Waals surface area contributed by atoms with Crippen LogP contribution in [-0.2, 0) is 14.3 Å². The lowest BCUT2D eigenvalue weighted by atomic mass is 9.88. The number of carboxylic acids is 1. The number of rotatable bonds is 7. The minimum absolute atomic E-state index is 0.0852. The van der Waals surface area contributed by atoms with E-state index in [1.807, 2.05) is 0 Å². The molecule has 3 rings (SSSR count). The number of carboxylic acid groups (broad SMARTS) is 1. The molecular formula is C21H25NO11. The van der Waals surface area contributed by atoms with Gasteiger partial charge in [0.15, 0.2) is 0 Å². The number of aliphatic hydroxyl groups is 4. The van der Waals surface area contributed by atoms with Gasteiger partial charge in [0, 0.05) is 23.9 Å². The van der Waals surface area contributed by atoms with Crippen LogP contribution in [0.15, 0.2) is 33.5 Å². The second-order valence-electron chi connectivity index (χ2n) is 7.90. The molecule has 0 spiro atoms. The maximum absolute atomic E-state index is 12.2. The number of aliphatic carboxylic acids is 1. The molecule has 1 amide bonds. The minimum Gasteiger partial charge on any atom is -0.476 e. The molecular weight excluding hydrogens is 442 g/mol. The zero-order chi connectivity index (χ0) is 24.5. The number of amides is 1. The quantitative estimate of drug-likeness (QED) is 0.263. The first kappa shape index (κ1) is 24.6. The van der Waals surface area contributed by atoms with E-state index in [1.54, 1.807) is 13.0 Å². The van der Waals surface area contributed by atoms with Gasteiger partial charge in [-0.2, -0.15) is 0 Å². The molecule has 0 saturated carbocycles. The Morgan fingerprint density at radius 3 is 2.61 bits per heavy atom. The van der Waals surface area contributed by atoms with Crippen molar-refractivity contribution >= 4 is 22.8 Å². The van der Waals surface area contributed by atoms with Gasteiger partial charge in [-0.05, 0) is 25.1 Å². The van der Waals surface area contributed by atoms with Gasteiger partial charge in [-0.1, -0.05) is 0 Å². The summed E-state index contributed by atoms with van der Waals surface area (Å²) in [6.45, 7) is 1.82. The van der Waals surface area contributed by atoms with E-state index in [9.17, 15) is 39.9 Å². The fourth-order valence-electron chi connectivity index (χ4n) is 3.68. The average molecular weight is 467 g/mol. The lowest BCUT2D eigenvalue weighted by Crippen LogP contribution is -2.68. The third kappa shape index (κ3) is 4.99. The zero-order valence-electron chi connectivity index (χ0n) is 17.8. The lowest BCUT2D eigenvalue weighted by Gasteiger charge is -2.46. The summed E-state index contributed by atoms with van der Waals surface area (Å²) in [7, 11) is 0. The molecule has 6 atom stereocenters. The van der Waals surface area contributed by atoms with Crippen LogP contribution < -0.4 is 15.7 Å². The molecule has 6 N–H and O–H groups in total. The predicted molar refractivity (Wildman–Crippen MR) is 110 cm³/mol. The molecule has 0 unspecified atom stereocenters. The highest BCUT2D eigenvalue weighted by atomic mass is 16.7. The van der Waals surface area contributed by atoms with Gasteiger partial charge in [-0.25, -0.2) is 9.59 Å². The number of aliphatic hydroxyl groups excluding tert-OH is 4. The normalized spacial score (nSPS) is 27.0. The first-order valence-corrected chi connectivity index (χ1v) is 10.0. The molecule has 1 aliphatic heterocycles. The number of aryl methyl sites for hydroxylation is 1. The summed E-state index contributed by atoms with van der Waals surface area (Å²) in [4.78, 5) is 35.6. The summed E-state index contributed by atoms with van der Waals surface area (Å²) in [5.74, 6) is -4.91. The number of fused-ring (bicyclic) bond motifs is 1. The van der Waals surface area contributed by atoms with Crippen LogP contribution in [0.5, 0.6) is 5.75 Å². The monoisotopic (exact) mass is 467 g/mol. The summed E-state index contributed by atoms with van der Waals surface area (Å²) < 4.78 is 16.3. The van der Waals surface area contributed by atoms with E-state index < -0.39 is 66.8 Å². The fourth-order valence-corrected chi connectivity index (χ4v) is 3.68. The third-order valence-electron chi connectivity index (χ3n) is 5.35. The Hall–Kier alpha value is -3.03. The Kier molecular flexibility index (Phi) is 7.05. The second kappa shape index (κ2) is 9.45. The zero-order valence-corrected chi connectivity index (χ0v) is 17.8. The van der Waals surface area contributed by atoms with E-state index in [2.05, 4.69) is 5.32 Å². The Balaban J connectivity index is 2.00. The van der Waals surface area contributed by atoms with Gasteiger partial charge in [0.1, 0.15) is 29.6 Å². The number of carbonyl (C=O) groups is 2. The summed E-state index contributed by atoms with van der Waals surface area (Å²) in [5.41, 5.74) is -0.0973. The fraction of sp³-hybridized carbons (Fsp3) is 0.476. The van der Waals surface area contributed by atoms with Crippen molar-refractivity contribution in [2.75, 3.05) is 6.61 Å². The van der Waals surface area contributed by atoms with Crippen LogP contribution in [0.4, 0.5) is 0 Å². The number of hydrogen-bond acceptors (Lipinski definition) is 10. The highest BCUT2D eigenvalue weighted by molar-refractivity contribution is 5.80. The highest BCUT2D eigenvalue weighted by Crippen LogP contribution is 2.35. The van der Waals surface area contributed by atoms with Crippen LogP contribution in [0.1, 0.15) is 18.9 Å². The van der Waals surface area contributed by atoms with Crippen LogP contribution in [0.3, 0.4) is 0 Å². The van der Waals surface area contributed by atoms with E-state index in [4.69, 9.17) is 13.9 Å². The van der Waals surface area contributed by atoms with E-state index in [0.717, 1.165) is 6.92 Å². The first-order chi connectivity index (χ1) is 15.5. The summed E-state index contributed by atoms with van der Waals surface area (Å²) >= 11 is 0. The van der Waals surface area contributed by atoms with E-state index >= 15 is 0 Å². The van der Waals surface area contributed by atoms with Crippen molar-refractivity contribution < 1.29 is 49.0 Å². The smallest absolute Gasteiger partial charge is 0.377 e. The summed E-state index contributed by atoms with van der Waals surface area (Å²) in [5, 5.41) is 52.9. The standard InChI is InChI=1S/C21H25NO11/c1-9-5-11-3-4-12(6-15(11)31-19(9)28)32-21(20(29)30)7-13(25)16(22-10(2)24)18(33-21)17(27)14(26)8-23/h3-6,13-14,16-18,23,25-27H,7-8H2,1-2H3,(H,22,24)(H,29,30)/t13-,14+,16+,17+,18+,21-/m0/s1. The minimum atomic E-state index is -2.55. The van der Waals surface area contributed by atoms with Gasteiger partial charge in [0.05, 0.1) is 25.2 Å². The third-order valence-corrected chi connectivity index (χ3v) is 5.35. The Morgan fingerprint density at radius 2 is 2.00 bits per heavy atom. The van der Waals surface area contributed by atoms with Crippen molar-refractivity contribution in [1.82, 2.24) is 5.32 Å². The first-order valence-electron chi connectivity index (χ1n) is 10.0. The molecule has 1 saturated heterocycles. The van der Waals surface area contributed by atoms with Gasteiger partial charge in [-0.15, -0.1) is 0 Å². The van der Waals surface area contributed by atoms with Crippen LogP contribution in [0, 0.1) is 6.92 Å². The van der Waals surface area contributed by atoms with Gasteiger partial charge >= 0.3 is 17.4 Å². The van der Waals surface area contributed by atoms with Crippen molar-refractivity contribution in [3.05, 3.63) is 40.2 Å². The predicted octanol–water partition coefficient (Wildman–Crippen LogP) is -1.37. The molecule has 2 aromatic rings. The molecule has 0 bridgehead atoms. The number of benzene rings is 1. The largest absolute Gasteiger partial charge is 0.476 e. The van der Waals surface area contributed by atoms with Gasteiger partial charge < -0.3 is 44.7 Å². The van der Waals surface area contributed by atoms with Crippen LogP contribution in [0.2, 0.25) is 0 Å². The average Bonchev–Trinajstić information content (AvgIpc) is 2.75. The maximum Gasteiger partial charge on any atom is 0.377 e. The summed E-state index contributed by atoms with van der Waals surface area (Å²) in [6, 6.07) is 4.46. The molecule has 1 aromatic heterocycles. The number of carbonyl (C=O) groups excluding carboxylic acids is 1. The molecule has 1 aromatic carbocycles. The number of ether oxygens (including phenoxy) is 2. The van der Waals surface area contributed by atoms with Gasteiger partial charge in [0.25, 0.3) is 0 Å². The lowest BCUT2D eigenvalue weighted by molar-refractivity contribution is -0.284. The Morgan fingerprint density at radius 1 is 1.30 bits per heavy atom. The van der Waals surface area contributed by atoms with Crippen molar-refractivity contribution in [3.63, 3.8) is 0 Å². The number of hydrogen-bond donors (Lipinski definition) is 6. The van der Waals surface area contributed by atoms with E-state index in [1.165, 1.54) is 18.2 Å². The van der Waals surface area contributed by atoms with Crippen LogP contribution in [0.25, 0.3) is 11.0 Å². The number of nitrogens with one attached hydrogen (secondary N) is 1. The molecule has 33 heavy (non-hydrogen) atoms. The van der Waals surface area contributed by atoms with Crippen LogP contribution >= 0.6 is 0 Å². The molecule has 180 valence electrons. The Bertz CT molecular complexity index is 1100. The molecule has 12 nitrogen and oxygen atoms in total.